The van der Waals surface area contributed by atoms with Crippen molar-refractivity contribution in [2.75, 3.05) is 11.9 Å². The Morgan fingerprint density at radius 3 is 2.47 bits per heavy atom. The molecule has 1 aromatic heterocycles. The number of nitro groups is 1. The van der Waals surface area contributed by atoms with Crippen molar-refractivity contribution >= 4 is 11.5 Å². The molecule has 0 saturated heterocycles. The number of rotatable bonds is 6. The third-order valence-corrected chi connectivity index (χ3v) is 3.10. The first-order chi connectivity index (χ1) is 8.06. The number of hydrogen-bond donors (Lipinski definition) is 2. The van der Waals surface area contributed by atoms with Crippen LogP contribution in [0.4, 0.5) is 11.5 Å². The van der Waals surface area contributed by atoms with Gasteiger partial charge in [0.15, 0.2) is 0 Å². The fraction of sp³-hybridized carbons (Fsp3) is 0.545. The summed E-state index contributed by atoms with van der Waals surface area (Å²) in [6.45, 7) is 4.60. The SMILES string of the molecule is CCC(CC)(CN)Nc1ccc([N+](=O)[O-])cn1. The number of nitrogens with two attached hydrogens (primary N) is 1. The molecule has 0 fully saturated rings. The summed E-state index contributed by atoms with van der Waals surface area (Å²) in [4.78, 5) is 14.0. The summed E-state index contributed by atoms with van der Waals surface area (Å²) in [6.07, 6.45) is 2.99. The molecule has 0 aliphatic carbocycles. The average Bonchev–Trinajstić information content (AvgIpc) is 2.37. The van der Waals surface area contributed by atoms with Gasteiger partial charge < -0.3 is 11.1 Å². The zero-order chi connectivity index (χ0) is 12.9. The Morgan fingerprint density at radius 2 is 2.12 bits per heavy atom. The van der Waals surface area contributed by atoms with Crippen LogP contribution in [-0.2, 0) is 0 Å². The number of nitrogens with one attached hydrogen (secondary N) is 1. The van der Waals surface area contributed by atoms with Crippen molar-refractivity contribution in [2.45, 2.75) is 32.2 Å². The molecular weight excluding hydrogens is 220 g/mol. The zero-order valence-electron chi connectivity index (χ0n) is 10.1. The molecule has 3 N–H and O–H groups in total. The second-order valence-corrected chi connectivity index (χ2v) is 3.98. The van der Waals surface area contributed by atoms with Crippen molar-refractivity contribution in [1.29, 1.82) is 0 Å². The second kappa shape index (κ2) is 5.58. The normalized spacial score (nSPS) is 11.2. The van der Waals surface area contributed by atoms with E-state index in [1.54, 1.807) is 6.07 Å². The van der Waals surface area contributed by atoms with Gasteiger partial charge in [-0.1, -0.05) is 13.8 Å². The van der Waals surface area contributed by atoms with Gasteiger partial charge in [0, 0.05) is 12.6 Å². The predicted molar refractivity (Wildman–Crippen MR) is 66.9 cm³/mol. The van der Waals surface area contributed by atoms with Gasteiger partial charge in [-0.05, 0) is 18.9 Å². The summed E-state index contributed by atoms with van der Waals surface area (Å²) < 4.78 is 0. The highest BCUT2D eigenvalue weighted by atomic mass is 16.6. The highest BCUT2D eigenvalue weighted by molar-refractivity contribution is 5.42. The molecule has 0 spiro atoms. The largest absolute Gasteiger partial charge is 0.363 e. The maximum Gasteiger partial charge on any atom is 0.287 e. The Kier molecular flexibility index (Phi) is 4.39. The Labute approximate surface area is 100 Å². The number of nitrogens with zero attached hydrogens (tertiary/aromatic N) is 2. The Hall–Kier alpha value is -1.69. The zero-order valence-corrected chi connectivity index (χ0v) is 10.1. The minimum atomic E-state index is -0.466. The van der Waals surface area contributed by atoms with Gasteiger partial charge in [0.2, 0.25) is 0 Å². The maximum atomic E-state index is 10.5. The molecular formula is C11H18N4O2. The number of pyridine rings is 1. The third kappa shape index (κ3) is 3.13. The Bertz CT molecular complexity index is 365. The monoisotopic (exact) mass is 238 g/mol. The van der Waals surface area contributed by atoms with Crippen molar-refractivity contribution in [3.05, 3.63) is 28.4 Å². The van der Waals surface area contributed by atoms with Crippen LogP contribution in [0.2, 0.25) is 0 Å². The van der Waals surface area contributed by atoms with Gasteiger partial charge in [0.05, 0.1) is 10.5 Å². The fourth-order valence-electron chi connectivity index (χ4n) is 1.61. The van der Waals surface area contributed by atoms with Crippen LogP contribution < -0.4 is 11.1 Å². The molecule has 17 heavy (non-hydrogen) atoms. The summed E-state index contributed by atoms with van der Waals surface area (Å²) in [5.74, 6) is 0.616. The smallest absolute Gasteiger partial charge is 0.287 e. The van der Waals surface area contributed by atoms with Gasteiger partial charge in [-0.15, -0.1) is 0 Å². The minimum Gasteiger partial charge on any atom is -0.363 e. The molecule has 6 heteroatoms. The van der Waals surface area contributed by atoms with Crippen LogP contribution >= 0.6 is 0 Å². The summed E-state index contributed by atoms with van der Waals surface area (Å²) in [7, 11) is 0. The molecule has 0 aliphatic rings. The van der Waals surface area contributed by atoms with Crippen LogP contribution in [-0.4, -0.2) is 22.0 Å². The molecule has 0 aromatic carbocycles. The van der Waals surface area contributed by atoms with E-state index in [0.29, 0.717) is 12.4 Å². The number of anilines is 1. The summed E-state index contributed by atoms with van der Waals surface area (Å²) in [5, 5.41) is 13.7. The van der Waals surface area contributed by atoms with Crippen LogP contribution in [0.1, 0.15) is 26.7 Å². The van der Waals surface area contributed by atoms with Gasteiger partial charge in [-0.3, -0.25) is 10.1 Å². The Morgan fingerprint density at radius 1 is 1.47 bits per heavy atom. The highest BCUT2D eigenvalue weighted by Gasteiger charge is 2.24. The number of hydrogen-bond acceptors (Lipinski definition) is 5. The average molecular weight is 238 g/mol. The highest BCUT2D eigenvalue weighted by Crippen LogP contribution is 2.21. The molecule has 0 amide bonds. The number of aromatic nitrogens is 1. The third-order valence-electron chi connectivity index (χ3n) is 3.10. The van der Waals surface area contributed by atoms with Crippen molar-refractivity contribution in [2.24, 2.45) is 5.73 Å². The Balaban J connectivity index is 2.84. The van der Waals surface area contributed by atoms with E-state index in [-0.39, 0.29) is 11.2 Å². The van der Waals surface area contributed by atoms with Gasteiger partial charge in [0.1, 0.15) is 12.0 Å². The lowest BCUT2D eigenvalue weighted by Crippen LogP contribution is -2.44. The molecule has 6 nitrogen and oxygen atoms in total. The molecule has 94 valence electrons. The first-order valence-corrected chi connectivity index (χ1v) is 5.65. The van der Waals surface area contributed by atoms with Crippen molar-refractivity contribution in [3.8, 4) is 0 Å². The van der Waals surface area contributed by atoms with Crippen molar-refractivity contribution < 1.29 is 4.92 Å². The van der Waals surface area contributed by atoms with E-state index in [2.05, 4.69) is 24.1 Å². The van der Waals surface area contributed by atoms with E-state index >= 15 is 0 Å². The molecule has 0 saturated carbocycles. The van der Waals surface area contributed by atoms with Crippen LogP contribution in [0.5, 0.6) is 0 Å². The van der Waals surface area contributed by atoms with E-state index in [1.807, 2.05) is 0 Å². The van der Waals surface area contributed by atoms with E-state index < -0.39 is 4.92 Å². The van der Waals surface area contributed by atoms with Crippen molar-refractivity contribution in [3.63, 3.8) is 0 Å². The molecule has 0 aliphatic heterocycles. The molecule has 0 radical (unpaired) electrons. The minimum absolute atomic E-state index is 0.0121. The predicted octanol–water partition coefficient (Wildman–Crippen LogP) is 1.92. The second-order valence-electron chi connectivity index (χ2n) is 3.98. The molecule has 0 unspecified atom stereocenters. The van der Waals surface area contributed by atoms with Gasteiger partial charge in [-0.25, -0.2) is 4.98 Å². The topological polar surface area (TPSA) is 94.1 Å². The van der Waals surface area contributed by atoms with Gasteiger partial charge >= 0.3 is 0 Å². The van der Waals surface area contributed by atoms with E-state index in [0.717, 1.165) is 12.8 Å². The molecule has 1 heterocycles. The molecule has 0 bridgehead atoms. The molecule has 1 rings (SSSR count). The molecule has 1 aromatic rings. The fourth-order valence-corrected chi connectivity index (χ4v) is 1.61. The standard InChI is InChI=1S/C11H18N4O2/c1-3-11(4-2,8-12)14-10-6-5-9(7-13-10)15(16)17/h5-7H,3-4,8,12H2,1-2H3,(H,13,14). The summed E-state index contributed by atoms with van der Waals surface area (Å²) in [5.41, 5.74) is 5.55. The summed E-state index contributed by atoms with van der Waals surface area (Å²) >= 11 is 0. The van der Waals surface area contributed by atoms with Crippen molar-refractivity contribution in [1.82, 2.24) is 4.98 Å². The van der Waals surface area contributed by atoms with Gasteiger partial charge in [-0.2, -0.15) is 0 Å². The van der Waals surface area contributed by atoms with E-state index in [9.17, 15) is 10.1 Å². The quantitative estimate of drug-likeness (QED) is 0.583. The first-order valence-electron chi connectivity index (χ1n) is 5.65. The first kappa shape index (κ1) is 13.4. The maximum absolute atomic E-state index is 10.5. The van der Waals surface area contributed by atoms with Gasteiger partial charge in [0.25, 0.3) is 5.69 Å². The van der Waals surface area contributed by atoms with Crippen LogP contribution in [0.15, 0.2) is 18.3 Å². The van der Waals surface area contributed by atoms with E-state index in [4.69, 9.17) is 5.73 Å². The lowest BCUT2D eigenvalue weighted by atomic mass is 9.93. The van der Waals surface area contributed by atoms with E-state index in [1.165, 1.54) is 12.3 Å². The lowest BCUT2D eigenvalue weighted by molar-refractivity contribution is -0.385. The van der Waals surface area contributed by atoms with Crippen LogP contribution in [0.3, 0.4) is 0 Å². The molecule has 0 atom stereocenters. The summed E-state index contributed by atoms with van der Waals surface area (Å²) in [6, 6.07) is 3.04. The van der Waals surface area contributed by atoms with Crippen LogP contribution in [0, 0.1) is 10.1 Å². The van der Waals surface area contributed by atoms with Crippen LogP contribution in [0.25, 0.3) is 0 Å². The lowest BCUT2D eigenvalue weighted by Gasteiger charge is -2.31.